The molecule has 2 heterocycles. The highest BCUT2D eigenvalue weighted by atomic mass is 16.2. The van der Waals surface area contributed by atoms with Crippen molar-refractivity contribution >= 4 is 40.3 Å². The molecule has 0 saturated carbocycles. The molecular formula is C22H24N6O2. The number of anilines is 3. The van der Waals surface area contributed by atoms with Crippen molar-refractivity contribution in [1.82, 2.24) is 15.3 Å². The molecule has 0 atom stereocenters. The van der Waals surface area contributed by atoms with Crippen LogP contribution in [0.3, 0.4) is 0 Å². The lowest BCUT2D eigenvalue weighted by Gasteiger charge is -2.20. The van der Waals surface area contributed by atoms with Gasteiger partial charge in [-0.25, -0.2) is 14.8 Å². The number of aromatic nitrogens is 2. The summed E-state index contributed by atoms with van der Waals surface area (Å²) in [6.45, 7) is 2.01. The quantitative estimate of drug-likeness (QED) is 0.585. The summed E-state index contributed by atoms with van der Waals surface area (Å²) in [6, 6.07) is 16.4. The van der Waals surface area contributed by atoms with Crippen molar-refractivity contribution in [3.8, 4) is 0 Å². The summed E-state index contributed by atoms with van der Waals surface area (Å²) in [5.74, 6) is 0.948. The Morgan fingerprint density at radius 3 is 2.27 bits per heavy atom. The number of nitrogens with one attached hydrogen (secondary N) is 3. The Morgan fingerprint density at radius 1 is 0.867 bits per heavy atom. The normalized spacial score (nSPS) is 13.3. The van der Waals surface area contributed by atoms with Crippen molar-refractivity contribution in [3.63, 3.8) is 0 Å². The van der Waals surface area contributed by atoms with Gasteiger partial charge in [-0.05, 0) is 37.1 Å². The lowest BCUT2D eigenvalue weighted by Crippen LogP contribution is -2.31. The minimum Gasteiger partial charge on any atom is -0.354 e. The van der Waals surface area contributed by atoms with Crippen molar-refractivity contribution in [2.75, 3.05) is 35.2 Å². The fourth-order valence-electron chi connectivity index (χ4n) is 3.40. The average Bonchev–Trinajstić information content (AvgIpc) is 3.28. The zero-order chi connectivity index (χ0) is 20.8. The lowest BCUT2D eigenvalue weighted by molar-refractivity contribution is -0.116. The van der Waals surface area contributed by atoms with Gasteiger partial charge in [0.2, 0.25) is 5.91 Å². The lowest BCUT2D eigenvalue weighted by atomic mass is 10.3. The molecular weight excluding hydrogens is 380 g/mol. The van der Waals surface area contributed by atoms with E-state index in [-0.39, 0.29) is 24.9 Å². The van der Waals surface area contributed by atoms with Crippen LogP contribution in [0.5, 0.6) is 0 Å². The summed E-state index contributed by atoms with van der Waals surface area (Å²) in [5, 5.41) is 8.29. The van der Waals surface area contributed by atoms with Crippen LogP contribution in [0.15, 0.2) is 54.6 Å². The minimum absolute atomic E-state index is 0.135. The van der Waals surface area contributed by atoms with Gasteiger partial charge in [0, 0.05) is 31.7 Å². The van der Waals surface area contributed by atoms with Crippen LogP contribution in [0.4, 0.5) is 22.1 Å². The van der Waals surface area contributed by atoms with Crippen LogP contribution < -0.4 is 20.9 Å². The predicted octanol–water partition coefficient (Wildman–Crippen LogP) is 3.38. The maximum Gasteiger partial charge on any atom is 0.319 e. The molecule has 3 amide bonds. The Labute approximate surface area is 174 Å². The highest BCUT2D eigenvalue weighted by Crippen LogP contribution is 2.27. The van der Waals surface area contributed by atoms with E-state index in [0.717, 1.165) is 37.0 Å². The van der Waals surface area contributed by atoms with E-state index in [2.05, 4.69) is 25.8 Å². The summed E-state index contributed by atoms with van der Waals surface area (Å²) in [7, 11) is 0. The van der Waals surface area contributed by atoms with E-state index in [4.69, 9.17) is 4.98 Å². The second kappa shape index (κ2) is 9.21. The van der Waals surface area contributed by atoms with Crippen LogP contribution in [0, 0.1) is 0 Å². The molecule has 8 heteroatoms. The average molecular weight is 404 g/mol. The number of urea groups is 1. The first-order chi connectivity index (χ1) is 14.7. The van der Waals surface area contributed by atoms with E-state index in [1.807, 2.05) is 42.5 Å². The standard InChI is InChI=1S/C22H24N6O2/c29-19(12-13-23-22(30)24-16-8-2-1-3-9-16)27-20-21(28-14-6-7-15-28)26-18-11-5-4-10-17(18)25-20/h1-5,8-11H,6-7,12-15H2,(H2,23,24,30)(H,25,27,29). The Kier molecular flexibility index (Phi) is 6.03. The van der Waals surface area contributed by atoms with Crippen LogP contribution in [0.1, 0.15) is 19.3 Å². The van der Waals surface area contributed by atoms with Crippen molar-refractivity contribution in [3.05, 3.63) is 54.6 Å². The molecule has 0 spiro atoms. The van der Waals surface area contributed by atoms with Gasteiger partial charge in [-0.3, -0.25) is 4.79 Å². The van der Waals surface area contributed by atoms with Gasteiger partial charge in [0.1, 0.15) is 0 Å². The molecule has 1 aliphatic rings. The number of nitrogens with zero attached hydrogens (tertiary/aromatic N) is 3. The first kappa shape index (κ1) is 19.6. The van der Waals surface area contributed by atoms with Gasteiger partial charge in [-0.15, -0.1) is 0 Å². The van der Waals surface area contributed by atoms with E-state index >= 15 is 0 Å². The third kappa shape index (κ3) is 4.83. The molecule has 154 valence electrons. The van der Waals surface area contributed by atoms with Gasteiger partial charge < -0.3 is 20.9 Å². The zero-order valence-corrected chi connectivity index (χ0v) is 16.6. The van der Waals surface area contributed by atoms with Crippen LogP contribution in [-0.2, 0) is 4.79 Å². The second-order valence-corrected chi connectivity index (χ2v) is 7.12. The van der Waals surface area contributed by atoms with Crippen LogP contribution in [0.25, 0.3) is 11.0 Å². The molecule has 4 rings (SSSR count). The summed E-state index contributed by atoms with van der Waals surface area (Å²) in [5.41, 5.74) is 2.23. The Balaban J connectivity index is 1.37. The Hall–Kier alpha value is -3.68. The maximum atomic E-state index is 12.5. The van der Waals surface area contributed by atoms with Crippen LogP contribution >= 0.6 is 0 Å². The SMILES string of the molecule is O=C(CCNC(=O)Nc1ccccc1)Nc1nc2ccccc2nc1N1CCCC1. The van der Waals surface area contributed by atoms with Crippen LogP contribution in [-0.4, -0.2) is 41.5 Å². The number of para-hydroxylation sites is 3. The van der Waals surface area contributed by atoms with Gasteiger partial charge in [-0.1, -0.05) is 30.3 Å². The molecule has 0 radical (unpaired) electrons. The van der Waals surface area contributed by atoms with E-state index in [0.29, 0.717) is 17.3 Å². The summed E-state index contributed by atoms with van der Waals surface area (Å²) in [6.07, 6.45) is 2.33. The van der Waals surface area contributed by atoms with Crippen molar-refractivity contribution < 1.29 is 9.59 Å². The highest BCUT2D eigenvalue weighted by Gasteiger charge is 2.20. The molecule has 0 aliphatic carbocycles. The minimum atomic E-state index is -0.350. The van der Waals surface area contributed by atoms with Crippen LogP contribution in [0.2, 0.25) is 0 Å². The first-order valence-corrected chi connectivity index (χ1v) is 10.1. The molecule has 8 nitrogen and oxygen atoms in total. The van der Waals surface area contributed by atoms with Gasteiger partial charge in [-0.2, -0.15) is 0 Å². The first-order valence-electron chi connectivity index (χ1n) is 10.1. The molecule has 0 bridgehead atoms. The molecule has 1 fully saturated rings. The predicted molar refractivity (Wildman–Crippen MR) is 118 cm³/mol. The smallest absolute Gasteiger partial charge is 0.319 e. The number of carbonyl (C=O) groups excluding carboxylic acids is 2. The molecule has 1 aromatic heterocycles. The number of fused-ring (bicyclic) bond motifs is 1. The number of benzene rings is 2. The molecule has 1 aliphatic heterocycles. The van der Waals surface area contributed by atoms with E-state index in [1.54, 1.807) is 12.1 Å². The zero-order valence-electron chi connectivity index (χ0n) is 16.6. The summed E-state index contributed by atoms with van der Waals surface area (Å²) in [4.78, 5) is 35.9. The monoisotopic (exact) mass is 404 g/mol. The topological polar surface area (TPSA) is 99.2 Å². The molecule has 2 aromatic carbocycles. The number of amides is 3. The Morgan fingerprint density at radius 2 is 1.53 bits per heavy atom. The van der Waals surface area contributed by atoms with Gasteiger partial charge in [0.15, 0.2) is 11.6 Å². The highest BCUT2D eigenvalue weighted by molar-refractivity contribution is 5.95. The number of hydrogen-bond acceptors (Lipinski definition) is 5. The van der Waals surface area contributed by atoms with E-state index < -0.39 is 0 Å². The third-order valence-electron chi connectivity index (χ3n) is 4.88. The molecule has 30 heavy (non-hydrogen) atoms. The van der Waals surface area contributed by atoms with Gasteiger partial charge >= 0.3 is 6.03 Å². The third-order valence-corrected chi connectivity index (χ3v) is 4.88. The second-order valence-electron chi connectivity index (χ2n) is 7.12. The maximum absolute atomic E-state index is 12.5. The molecule has 0 unspecified atom stereocenters. The fourth-order valence-corrected chi connectivity index (χ4v) is 3.40. The summed E-state index contributed by atoms with van der Waals surface area (Å²) >= 11 is 0. The van der Waals surface area contributed by atoms with Crippen molar-refractivity contribution in [2.45, 2.75) is 19.3 Å². The van der Waals surface area contributed by atoms with E-state index in [9.17, 15) is 9.59 Å². The number of hydrogen-bond donors (Lipinski definition) is 3. The fraction of sp³-hybridized carbons (Fsp3) is 0.273. The largest absolute Gasteiger partial charge is 0.354 e. The van der Waals surface area contributed by atoms with Crippen molar-refractivity contribution in [1.29, 1.82) is 0 Å². The molecule has 3 aromatic rings. The molecule has 3 N–H and O–H groups in total. The molecule has 1 saturated heterocycles. The van der Waals surface area contributed by atoms with E-state index in [1.165, 1.54) is 0 Å². The number of rotatable bonds is 6. The Bertz CT molecular complexity index is 1030. The van der Waals surface area contributed by atoms with Crippen molar-refractivity contribution in [2.24, 2.45) is 0 Å². The number of carbonyl (C=O) groups is 2. The van der Waals surface area contributed by atoms with Gasteiger partial charge in [0.25, 0.3) is 0 Å². The van der Waals surface area contributed by atoms with Gasteiger partial charge in [0.05, 0.1) is 11.0 Å². The summed E-state index contributed by atoms with van der Waals surface area (Å²) < 4.78 is 0.